The van der Waals surface area contributed by atoms with Crippen molar-refractivity contribution in [2.24, 2.45) is 5.73 Å². The van der Waals surface area contributed by atoms with Gasteiger partial charge in [-0.2, -0.15) is 0 Å². The molecule has 1 aromatic heterocycles. The maximum absolute atomic E-state index is 8.62. The molecule has 0 saturated heterocycles. The molecule has 62 valence electrons. The van der Waals surface area contributed by atoms with Gasteiger partial charge in [-0.25, -0.2) is 0 Å². The zero-order valence-corrected chi connectivity index (χ0v) is 6.45. The zero-order valence-electron chi connectivity index (χ0n) is 6.45. The van der Waals surface area contributed by atoms with Crippen LogP contribution in [0.5, 0.6) is 0 Å². The highest BCUT2D eigenvalue weighted by molar-refractivity contribution is 5.04. The first-order chi connectivity index (χ1) is 5.22. The Morgan fingerprint density at radius 3 is 3.00 bits per heavy atom. The number of aliphatic hydroxyl groups is 1. The van der Waals surface area contributed by atoms with E-state index in [1.54, 1.807) is 0 Å². The summed E-state index contributed by atoms with van der Waals surface area (Å²) in [7, 11) is 0. The Hall–Kier alpha value is -0.870. The predicted octanol–water partition coefficient (Wildman–Crippen LogP) is -0.155. The lowest BCUT2D eigenvalue weighted by Crippen LogP contribution is -2.26. The van der Waals surface area contributed by atoms with E-state index >= 15 is 0 Å². The first-order valence-corrected chi connectivity index (χ1v) is 3.51. The molecule has 0 aliphatic carbocycles. The van der Waals surface area contributed by atoms with E-state index in [1.807, 2.05) is 13.0 Å². The quantitative estimate of drug-likeness (QED) is 0.638. The van der Waals surface area contributed by atoms with Gasteiger partial charge in [0.25, 0.3) is 0 Å². The molecule has 0 bridgehead atoms. The van der Waals surface area contributed by atoms with Crippen LogP contribution in [0.25, 0.3) is 0 Å². The minimum atomic E-state index is -0.248. The van der Waals surface area contributed by atoms with Gasteiger partial charge < -0.3 is 15.4 Å². The Labute approximate surface area is 65.0 Å². The van der Waals surface area contributed by atoms with Gasteiger partial charge in [0.15, 0.2) is 0 Å². The molecule has 0 aliphatic heterocycles. The lowest BCUT2D eigenvalue weighted by Gasteiger charge is -2.02. The summed E-state index contributed by atoms with van der Waals surface area (Å²) >= 11 is 0. The molecular formula is C7H12N2O2. The smallest absolute Gasteiger partial charge is 0.138 e. The van der Waals surface area contributed by atoms with Gasteiger partial charge in [-0.1, -0.05) is 5.16 Å². The van der Waals surface area contributed by atoms with Crippen molar-refractivity contribution in [1.82, 2.24) is 5.16 Å². The largest absolute Gasteiger partial charge is 0.395 e. The number of hydrogen-bond donors (Lipinski definition) is 2. The molecule has 11 heavy (non-hydrogen) atoms. The third-order valence-electron chi connectivity index (χ3n) is 1.37. The highest BCUT2D eigenvalue weighted by atomic mass is 16.5. The molecular weight excluding hydrogens is 144 g/mol. The van der Waals surface area contributed by atoms with Crippen LogP contribution in [0.3, 0.4) is 0 Å². The predicted molar refractivity (Wildman–Crippen MR) is 40.0 cm³/mol. The van der Waals surface area contributed by atoms with E-state index in [1.165, 1.54) is 0 Å². The van der Waals surface area contributed by atoms with Gasteiger partial charge in [0.2, 0.25) is 0 Å². The standard InChI is InChI=1S/C7H12N2O2/c1-5-2-7(11-9-5)3-6(8)4-10/h2,6,10H,3-4,8H2,1H3. The second-order valence-corrected chi connectivity index (χ2v) is 2.58. The summed E-state index contributed by atoms with van der Waals surface area (Å²) in [4.78, 5) is 0. The monoisotopic (exact) mass is 156 g/mol. The number of nitrogens with zero attached hydrogens (tertiary/aromatic N) is 1. The molecule has 1 heterocycles. The first-order valence-electron chi connectivity index (χ1n) is 3.51. The second kappa shape index (κ2) is 3.50. The molecule has 3 N–H and O–H groups in total. The maximum atomic E-state index is 8.62. The van der Waals surface area contributed by atoms with Gasteiger partial charge in [-0.05, 0) is 6.92 Å². The van der Waals surface area contributed by atoms with Gasteiger partial charge in [0, 0.05) is 18.5 Å². The fraction of sp³-hybridized carbons (Fsp3) is 0.571. The van der Waals surface area contributed by atoms with Crippen LogP contribution in [0.15, 0.2) is 10.6 Å². The molecule has 1 unspecified atom stereocenters. The third kappa shape index (κ3) is 2.32. The molecule has 0 aromatic carbocycles. The zero-order chi connectivity index (χ0) is 8.27. The summed E-state index contributed by atoms with van der Waals surface area (Å²) in [6.07, 6.45) is 0.539. The maximum Gasteiger partial charge on any atom is 0.138 e. The molecule has 0 fully saturated rings. The third-order valence-corrected chi connectivity index (χ3v) is 1.37. The normalized spacial score (nSPS) is 13.4. The molecule has 4 nitrogen and oxygen atoms in total. The Balaban J connectivity index is 2.50. The van der Waals surface area contributed by atoms with Crippen molar-refractivity contribution in [2.45, 2.75) is 19.4 Å². The number of aliphatic hydroxyl groups excluding tert-OH is 1. The summed E-state index contributed by atoms with van der Waals surface area (Å²) in [6.45, 7) is 1.82. The summed E-state index contributed by atoms with van der Waals surface area (Å²) in [5.74, 6) is 0.726. The summed E-state index contributed by atoms with van der Waals surface area (Å²) in [6, 6.07) is 1.57. The fourth-order valence-electron chi connectivity index (χ4n) is 0.835. The van der Waals surface area contributed by atoms with E-state index in [0.29, 0.717) is 6.42 Å². The van der Waals surface area contributed by atoms with Crippen molar-refractivity contribution >= 4 is 0 Å². The fourth-order valence-corrected chi connectivity index (χ4v) is 0.835. The van der Waals surface area contributed by atoms with Crippen molar-refractivity contribution in [3.05, 3.63) is 17.5 Å². The summed E-state index contributed by atoms with van der Waals surface area (Å²) < 4.78 is 4.90. The lowest BCUT2D eigenvalue weighted by atomic mass is 10.2. The van der Waals surface area contributed by atoms with E-state index in [9.17, 15) is 0 Å². The van der Waals surface area contributed by atoms with Crippen molar-refractivity contribution in [2.75, 3.05) is 6.61 Å². The topological polar surface area (TPSA) is 72.3 Å². The number of nitrogens with two attached hydrogens (primary N) is 1. The number of aromatic nitrogens is 1. The minimum absolute atomic E-state index is 0.0280. The molecule has 0 amide bonds. The number of hydrogen-bond acceptors (Lipinski definition) is 4. The minimum Gasteiger partial charge on any atom is -0.395 e. The van der Waals surface area contributed by atoms with Crippen molar-refractivity contribution in [3.8, 4) is 0 Å². The van der Waals surface area contributed by atoms with Crippen LogP contribution in [0.1, 0.15) is 11.5 Å². The van der Waals surface area contributed by atoms with Crippen LogP contribution in [0.2, 0.25) is 0 Å². The highest BCUT2D eigenvalue weighted by Crippen LogP contribution is 2.03. The highest BCUT2D eigenvalue weighted by Gasteiger charge is 2.06. The van der Waals surface area contributed by atoms with E-state index in [2.05, 4.69) is 5.16 Å². The Kier molecular flexibility index (Phi) is 2.62. The second-order valence-electron chi connectivity index (χ2n) is 2.58. The molecule has 1 atom stereocenters. The van der Waals surface area contributed by atoms with E-state index in [4.69, 9.17) is 15.4 Å². The molecule has 1 aromatic rings. The number of aryl methyl sites for hydroxylation is 1. The van der Waals surface area contributed by atoms with Crippen molar-refractivity contribution in [1.29, 1.82) is 0 Å². The average molecular weight is 156 g/mol. The van der Waals surface area contributed by atoms with Gasteiger partial charge >= 0.3 is 0 Å². The van der Waals surface area contributed by atoms with Gasteiger partial charge in [-0.15, -0.1) is 0 Å². The Bertz CT molecular complexity index is 222. The van der Waals surface area contributed by atoms with E-state index in [-0.39, 0.29) is 12.6 Å². The Morgan fingerprint density at radius 1 is 1.82 bits per heavy atom. The van der Waals surface area contributed by atoms with Gasteiger partial charge in [-0.3, -0.25) is 0 Å². The van der Waals surface area contributed by atoms with E-state index in [0.717, 1.165) is 11.5 Å². The van der Waals surface area contributed by atoms with Crippen LogP contribution in [-0.4, -0.2) is 22.9 Å². The van der Waals surface area contributed by atoms with Crippen LogP contribution >= 0.6 is 0 Å². The molecule has 4 heteroatoms. The van der Waals surface area contributed by atoms with Crippen LogP contribution < -0.4 is 5.73 Å². The molecule has 0 aliphatic rings. The molecule has 0 radical (unpaired) electrons. The molecule has 0 spiro atoms. The molecule has 1 rings (SSSR count). The Morgan fingerprint density at radius 2 is 2.55 bits per heavy atom. The SMILES string of the molecule is Cc1cc(CC(N)CO)on1. The van der Waals surface area contributed by atoms with E-state index < -0.39 is 0 Å². The van der Waals surface area contributed by atoms with Gasteiger partial charge in [0.1, 0.15) is 5.76 Å². The number of rotatable bonds is 3. The van der Waals surface area contributed by atoms with Crippen LogP contribution in [0, 0.1) is 6.92 Å². The average Bonchev–Trinajstić information content (AvgIpc) is 2.35. The van der Waals surface area contributed by atoms with Crippen molar-refractivity contribution < 1.29 is 9.63 Å². The van der Waals surface area contributed by atoms with Crippen LogP contribution in [0.4, 0.5) is 0 Å². The van der Waals surface area contributed by atoms with Gasteiger partial charge in [0.05, 0.1) is 12.3 Å². The lowest BCUT2D eigenvalue weighted by molar-refractivity contribution is 0.256. The first kappa shape index (κ1) is 8.23. The molecule has 0 saturated carbocycles. The van der Waals surface area contributed by atoms with Crippen molar-refractivity contribution in [3.63, 3.8) is 0 Å². The van der Waals surface area contributed by atoms with Crippen LogP contribution in [-0.2, 0) is 6.42 Å². The summed E-state index contributed by atoms with van der Waals surface area (Å²) in [5.41, 5.74) is 6.31. The summed E-state index contributed by atoms with van der Waals surface area (Å²) in [5, 5.41) is 12.3.